The number of hydrogen-bond acceptors (Lipinski definition) is 3. The number of nitrogens with zero attached hydrogens (tertiary/aromatic N) is 1. The largest absolute Gasteiger partial charge is 0.307 e. The van der Waals surface area contributed by atoms with Crippen LogP contribution in [0.4, 0.5) is 0 Å². The van der Waals surface area contributed by atoms with E-state index in [-0.39, 0.29) is 0 Å². The van der Waals surface area contributed by atoms with E-state index in [0.717, 1.165) is 24.4 Å². The lowest BCUT2D eigenvalue weighted by Crippen LogP contribution is -2.54. The van der Waals surface area contributed by atoms with Crippen LogP contribution in [-0.4, -0.2) is 41.6 Å². The van der Waals surface area contributed by atoms with Gasteiger partial charge >= 0.3 is 0 Å². The predicted octanol–water partition coefficient (Wildman–Crippen LogP) is 3.31. The average molecular weight is 290 g/mol. The van der Waals surface area contributed by atoms with Gasteiger partial charge in [-0.3, -0.25) is 4.90 Å². The third-order valence-electron chi connectivity index (χ3n) is 4.98. The van der Waals surface area contributed by atoms with Crippen LogP contribution in [0.5, 0.6) is 0 Å². The predicted molar refractivity (Wildman–Crippen MR) is 88.3 cm³/mol. The van der Waals surface area contributed by atoms with Crippen molar-refractivity contribution in [3.63, 3.8) is 0 Å². The first kappa shape index (κ1) is 14.4. The first-order chi connectivity index (χ1) is 9.78. The zero-order valence-electron chi connectivity index (χ0n) is 12.6. The molecule has 4 unspecified atom stereocenters. The summed E-state index contributed by atoms with van der Waals surface area (Å²) in [5, 5.41) is 4.60. The normalized spacial score (nSPS) is 35.3. The second kappa shape index (κ2) is 6.50. The van der Waals surface area contributed by atoms with Crippen molar-refractivity contribution in [3.8, 4) is 0 Å². The van der Waals surface area contributed by atoms with Gasteiger partial charge in [-0.15, -0.1) is 0 Å². The van der Waals surface area contributed by atoms with Crippen LogP contribution in [0.1, 0.15) is 37.8 Å². The maximum absolute atomic E-state index is 3.72. The molecule has 1 aliphatic carbocycles. The minimum Gasteiger partial charge on any atom is -0.307 e. The summed E-state index contributed by atoms with van der Waals surface area (Å²) in [7, 11) is 0. The highest BCUT2D eigenvalue weighted by Crippen LogP contribution is 2.34. The molecule has 4 atom stereocenters. The fraction of sp³-hybridized carbons (Fsp3) is 0.647. The summed E-state index contributed by atoms with van der Waals surface area (Å²) in [5.74, 6) is 0. The van der Waals surface area contributed by atoms with Crippen LogP contribution in [0.2, 0.25) is 0 Å². The van der Waals surface area contributed by atoms with E-state index < -0.39 is 0 Å². The highest BCUT2D eigenvalue weighted by molar-refractivity contribution is 7.99. The van der Waals surface area contributed by atoms with Gasteiger partial charge < -0.3 is 5.32 Å². The van der Waals surface area contributed by atoms with Gasteiger partial charge in [0.15, 0.2) is 0 Å². The second-order valence-corrected chi connectivity index (χ2v) is 7.38. The maximum atomic E-state index is 3.72. The van der Waals surface area contributed by atoms with E-state index in [2.05, 4.69) is 65.5 Å². The Bertz CT molecular complexity index is 422. The topological polar surface area (TPSA) is 15.3 Å². The van der Waals surface area contributed by atoms with Crippen molar-refractivity contribution < 1.29 is 0 Å². The molecule has 1 N–H and O–H groups in total. The molecule has 2 aliphatic rings. The Hall–Kier alpha value is -0.510. The van der Waals surface area contributed by atoms with Crippen molar-refractivity contribution in [2.75, 3.05) is 19.3 Å². The number of benzene rings is 1. The molecule has 1 saturated heterocycles. The zero-order chi connectivity index (χ0) is 13.9. The molecule has 0 amide bonds. The van der Waals surface area contributed by atoms with E-state index in [4.69, 9.17) is 0 Å². The van der Waals surface area contributed by atoms with Crippen molar-refractivity contribution in [1.29, 1.82) is 0 Å². The maximum Gasteiger partial charge on any atom is 0.0450 e. The van der Waals surface area contributed by atoms with E-state index >= 15 is 0 Å². The van der Waals surface area contributed by atoms with Crippen molar-refractivity contribution in [1.82, 2.24) is 10.2 Å². The SMILES string of the molecule is CSC1CCC(N2CC(c3ccccc3)NCC2C)C1. The number of rotatable bonds is 3. The summed E-state index contributed by atoms with van der Waals surface area (Å²) in [6.07, 6.45) is 6.43. The number of thioether (sulfide) groups is 1. The molecule has 1 saturated carbocycles. The van der Waals surface area contributed by atoms with Gasteiger partial charge in [-0.2, -0.15) is 11.8 Å². The Morgan fingerprint density at radius 2 is 2.00 bits per heavy atom. The van der Waals surface area contributed by atoms with Crippen molar-refractivity contribution in [2.45, 2.75) is 49.6 Å². The summed E-state index contributed by atoms with van der Waals surface area (Å²) in [5.41, 5.74) is 1.43. The Balaban J connectivity index is 1.68. The van der Waals surface area contributed by atoms with Crippen LogP contribution in [0.25, 0.3) is 0 Å². The standard InChI is InChI=1S/C17H26N2S/c1-13-11-18-17(14-6-4-3-5-7-14)12-19(13)15-8-9-16(10-15)20-2/h3-7,13,15-18H,8-12H2,1-2H3. The van der Waals surface area contributed by atoms with Gasteiger partial charge in [0.1, 0.15) is 0 Å². The first-order valence-corrected chi connectivity index (χ1v) is 9.13. The monoisotopic (exact) mass is 290 g/mol. The van der Waals surface area contributed by atoms with Gasteiger partial charge in [0, 0.05) is 36.5 Å². The van der Waals surface area contributed by atoms with Gasteiger partial charge in [0.2, 0.25) is 0 Å². The molecule has 0 radical (unpaired) electrons. The summed E-state index contributed by atoms with van der Waals surface area (Å²) in [4.78, 5) is 2.77. The Morgan fingerprint density at radius 3 is 2.70 bits per heavy atom. The molecule has 0 bridgehead atoms. The van der Waals surface area contributed by atoms with Gasteiger partial charge in [-0.25, -0.2) is 0 Å². The number of hydrogen-bond donors (Lipinski definition) is 1. The molecule has 2 nitrogen and oxygen atoms in total. The minimum atomic E-state index is 0.501. The molecule has 3 heteroatoms. The molecule has 2 fully saturated rings. The second-order valence-electron chi connectivity index (χ2n) is 6.24. The average Bonchev–Trinajstić information content (AvgIpc) is 2.97. The smallest absolute Gasteiger partial charge is 0.0450 e. The molecule has 3 rings (SSSR count). The lowest BCUT2D eigenvalue weighted by molar-refractivity contribution is 0.0933. The molecule has 0 spiro atoms. The van der Waals surface area contributed by atoms with Crippen LogP contribution >= 0.6 is 11.8 Å². The summed E-state index contributed by atoms with van der Waals surface area (Å²) < 4.78 is 0. The molecular weight excluding hydrogens is 264 g/mol. The van der Waals surface area contributed by atoms with E-state index in [1.165, 1.54) is 24.8 Å². The Kier molecular flexibility index (Phi) is 4.69. The fourth-order valence-electron chi connectivity index (χ4n) is 3.74. The van der Waals surface area contributed by atoms with E-state index in [1.807, 2.05) is 0 Å². The van der Waals surface area contributed by atoms with E-state index in [1.54, 1.807) is 0 Å². The van der Waals surface area contributed by atoms with Crippen molar-refractivity contribution in [3.05, 3.63) is 35.9 Å². The fourth-order valence-corrected chi connectivity index (χ4v) is 4.52. The third kappa shape index (κ3) is 3.05. The molecule has 1 aromatic rings. The zero-order valence-corrected chi connectivity index (χ0v) is 13.4. The van der Waals surface area contributed by atoms with E-state index in [0.29, 0.717) is 12.1 Å². The quantitative estimate of drug-likeness (QED) is 0.919. The molecule has 110 valence electrons. The summed E-state index contributed by atoms with van der Waals surface area (Å²) in [6.45, 7) is 4.65. The Morgan fingerprint density at radius 1 is 1.20 bits per heavy atom. The van der Waals surface area contributed by atoms with Gasteiger partial charge in [-0.1, -0.05) is 30.3 Å². The molecule has 1 heterocycles. The molecule has 1 aliphatic heterocycles. The molecule has 0 aromatic heterocycles. The molecule has 1 aromatic carbocycles. The highest BCUT2D eigenvalue weighted by atomic mass is 32.2. The Labute approximate surface area is 127 Å². The van der Waals surface area contributed by atoms with Crippen LogP contribution in [0.15, 0.2) is 30.3 Å². The molecular formula is C17H26N2S. The van der Waals surface area contributed by atoms with Crippen LogP contribution in [0.3, 0.4) is 0 Å². The van der Waals surface area contributed by atoms with Crippen molar-refractivity contribution >= 4 is 11.8 Å². The lowest BCUT2D eigenvalue weighted by atomic mass is 10.00. The highest BCUT2D eigenvalue weighted by Gasteiger charge is 2.35. The van der Waals surface area contributed by atoms with Crippen molar-refractivity contribution in [2.24, 2.45) is 0 Å². The number of piperazine rings is 1. The van der Waals surface area contributed by atoms with Gasteiger partial charge in [0.05, 0.1) is 0 Å². The van der Waals surface area contributed by atoms with Crippen LogP contribution in [0, 0.1) is 0 Å². The van der Waals surface area contributed by atoms with Gasteiger partial charge in [0.25, 0.3) is 0 Å². The van der Waals surface area contributed by atoms with E-state index in [9.17, 15) is 0 Å². The lowest BCUT2D eigenvalue weighted by Gasteiger charge is -2.42. The summed E-state index contributed by atoms with van der Waals surface area (Å²) in [6, 6.07) is 12.9. The van der Waals surface area contributed by atoms with Crippen LogP contribution < -0.4 is 5.32 Å². The minimum absolute atomic E-state index is 0.501. The third-order valence-corrected chi connectivity index (χ3v) is 6.08. The summed E-state index contributed by atoms with van der Waals surface area (Å²) >= 11 is 2.06. The first-order valence-electron chi connectivity index (χ1n) is 7.85. The van der Waals surface area contributed by atoms with Crippen LogP contribution in [-0.2, 0) is 0 Å². The molecule has 20 heavy (non-hydrogen) atoms. The van der Waals surface area contributed by atoms with Gasteiger partial charge in [-0.05, 0) is 38.0 Å². The number of nitrogens with one attached hydrogen (secondary N) is 1.